The number of amides is 1. The second-order valence-corrected chi connectivity index (χ2v) is 5.36. The number of carboxylic acid groups (broad SMARTS) is 1. The first kappa shape index (κ1) is 15.0. The van der Waals surface area contributed by atoms with Crippen LogP contribution in [0.1, 0.15) is 42.3 Å². The van der Waals surface area contributed by atoms with Crippen LogP contribution in [-0.4, -0.2) is 22.8 Å². The first-order chi connectivity index (χ1) is 8.61. The summed E-state index contributed by atoms with van der Waals surface area (Å²) < 4.78 is 5.33. The number of aryl methyl sites for hydroxylation is 1. The maximum absolute atomic E-state index is 12.1. The number of ether oxygens (including phenoxy) is 1. The van der Waals surface area contributed by atoms with Gasteiger partial charge in [0.1, 0.15) is 5.60 Å². The van der Waals surface area contributed by atoms with Crippen molar-refractivity contribution in [3.05, 3.63) is 28.8 Å². The van der Waals surface area contributed by atoms with E-state index in [0.29, 0.717) is 16.8 Å². The van der Waals surface area contributed by atoms with Gasteiger partial charge in [0.25, 0.3) is 0 Å². The van der Waals surface area contributed by atoms with Gasteiger partial charge in [-0.1, -0.05) is 6.07 Å². The third-order valence-electron chi connectivity index (χ3n) is 2.52. The first-order valence-electron chi connectivity index (χ1n) is 5.95. The van der Waals surface area contributed by atoms with E-state index in [-0.39, 0.29) is 0 Å². The molecule has 0 aliphatic rings. The number of benzene rings is 1. The molecule has 0 aliphatic carbocycles. The SMILES string of the molecule is Cc1ccc(NC(=O)O)c(C)c1C(=O)OC(C)(C)C. The lowest BCUT2D eigenvalue weighted by atomic mass is 10.0. The van der Waals surface area contributed by atoms with Gasteiger partial charge < -0.3 is 9.84 Å². The van der Waals surface area contributed by atoms with E-state index < -0.39 is 17.7 Å². The number of hydrogen-bond acceptors (Lipinski definition) is 3. The van der Waals surface area contributed by atoms with Crippen LogP contribution in [0.5, 0.6) is 0 Å². The predicted molar refractivity (Wildman–Crippen MR) is 72.7 cm³/mol. The van der Waals surface area contributed by atoms with Crippen LogP contribution in [0, 0.1) is 13.8 Å². The van der Waals surface area contributed by atoms with Crippen molar-refractivity contribution < 1.29 is 19.4 Å². The summed E-state index contributed by atoms with van der Waals surface area (Å²) in [6.45, 7) is 8.84. The van der Waals surface area contributed by atoms with Gasteiger partial charge in [-0.3, -0.25) is 5.32 Å². The van der Waals surface area contributed by atoms with Gasteiger partial charge in [0.15, 0.2) is 0 Å². The maximum Gasteiger partial charge on any atom is 0.409 e. The molecule has 0 atom stereocenters. The Morgan fingerprint density at radius 2 is 1.79 bits per heavy atom. The molecule has 0 unspecified atom stereocenters. The van der Waals surface area contributed by atoms with Gasteiger partial charge in [-0.2, -0.15) is 0 Å². The molecule has 1 rings (SSSR count). The van der Waals surface area contributed by atoms with Crippen molar-refractivity contribution in [2.45, 2.75) is 40.2 Å². The van der Waals surface area contributed by atoms with Crippen LogP contribution in [-0.2, 0) is 4.74 Å². The minimum Gasteiger partial charge on any atom is -0.465 e. The standard InChI is InChI=1S/C14H19NO4/c1-8-6-7-10(15-13(17)18)9(2)11(8)12(16)19-14(3,4)5/h6-7,15H,1-5H3,(H,17,18). The molecule has 0 saturated carbocycles. The summed E-state index contributed by atoms with van der Waals surface area (Å²) in [6.07, 6.45) is -1.16. The van der Waals surface area contributed by atoms with Crippen LogP contribution in [0.4, 0.5) is 10.5 Å². The van der Waals surface area contributed by atoms with E-state index in [1.807, 2.05) is 0 Å². The van der Waals surface area contributed by atoms with Gasteiger partial charge in [-0.05, 0) is 51.8 Å². The largest absolute Gasteiger partial charge is 0.465 e. The lowest BCUT2D eigenvalue weighted by Crippen LogP contribution is -2.25. The van der Waals surface area contributed by atoms with E-state index in [0.717, 1.165) is 5.56 Å². The van der Waals surface area contributed by atoms with Gasteiger partial charge in [-0.15, -0.1) is 0 Å². The summed E-state index contributed by atoms with van der Waals surface area (Å²) in [6, 6.07) is 3.32. The number of carbonyl (C=O) groups is 2. The number of esters is 1. The Morgan fingerprint density at radius 1 is 1.21 bits per heavy atom. The molecule has 0 heterocycles. The van der Waals surface area contributed by atoms with Crippen LogP contribution in [0.25, 0.3) is 0 Å². The van der Waals surface area contributed by atoms with Crippen molar-refractivity contribution in [3.63, 3.8) is 0 Å². The quantitative estimate of drug-likeness (QED) is 0.804. The summed E-state index contributed by atoms with van der Waals surface area (Å²) >= 11 is 0. The summed E-state index contributed by atoms with van der Waals surface area (Å²) in [4.78, 5) is 22.8. The van der Waals surface area contributed by atoms with Crippen molar-refractivity contribution in [1.82, 2.24) is 0 Å². The monoisotopic (exact) mass is 265 g/mol. The Bertz CT molecular complexity index is 515. The molecular formula is C14H19NO4. The van der Waals surface area contributed by atoms with Crippen LogP contribution in [0.3, 0.4) is 0 Å². The molecule has 0 spiro atoms. The Hall–Kier alpha value is -2.04. The maximum atomic E-state index is 12.1. The molecule has 1 aromatic rings. The summed E-state index contributed by atoms with van der Waals surface area (Å²) in [5.41, 5.74) is 1.52. The lowest BCUT2D eigenvalue weighted by molar-refractivity contribution is 0.00679. The fourth-order valence-electron chi connectivity index (χ4n) is 1.74. The van der Waals surface area contributed by atoms with E-state index in [9.17, 15) is 9.59 Å². The number of rotatable bonds is 2. The fraction of sp³-hybridized carbons (Fsp3) is 0.429. The molecular weight excluding hydrogens is 246 g/mol. The van der Waals surface area contributed by atoms with Gasteiger partial charge in [-0.25, -0.2) is 9.59 Å². The molecule has 5 nitrogen and oxygen atoms in total. The average molecular weight is 265 g/mol. The molecule has 0 radical (unpaired) electrons. The van der Waals surface area contributed by atoms with Gasteiger partial charge in [0, 0.05) is 5.69 Å². The third kappa shape index (κ3) is 3.98. The molecule has 19 heavy (non-hydrogen) atoms. The van der Waals surface area contributed by atoms with E-state index in [1.54, 1.807) is 46.8 Å². The van der Waals surface area contributed by atoms with Crippen molar-refractivity contribution in [2.75, 3.05) is 5.32 Å². The molecule has 0 saturated heterocycles. The number of carbonyl (C=O) groups excluding carboxylic acids is 1. The lowest BCUT2D eigenvalue weighted by Gasteiger charge is -2.21. The third-order valence-corrected chi connectivity index (χ3v) is 2.52. The van der Waals surface area contributed by atoms with Crippen LogP contribution < -0.4 is 5.32 Å². The minimum absolute atomic E-state index is 0.388. The van der Waals surface area contributed by atoms with Gasteiger partial charge >= 0.3 is 12.1 Å². The molecule has 2 N–H and O–H groups in total. The second kappa shape index (κ2) is 5.30. The van der Waals surface area contributed by atoms with Gasteiger partial charge in [0.2, 0.25) is 0 Å². The topological polar surface area (TPSA) is 75.6 Å². The number of nitrogens with one attached hydrogen (secondary N) is 1. The smallest absolute Gasteiger partial charge is 0.409 e. The Kier molecular flexibility index (Phi) is 4.19. The molecule has 104 valence electrons. The highest BCUT2D eigenvalue weighted by Gasteiger charge is 2.22. The van der Waals surface area contributed by atoms with E-state index in [1.165, 1.54) is 0 Å². The zero-order valence-electron chi connectivity index (χ0n) is 11.8. The predicted octanol–water partition coefficient (Wildman–Crippen LogP) is 3.35. The Labute approximate surface area is 112 Å². The highest BCUT2D eigenvalue weighted by Crippen LogP contribution is 2.25. The molecule has 1 amide bonds. The van der Waals surface area contributed by atoms with Crippen molar-refractivity contribution in [2.24, 2.45) is 0 Å². The molecule has 1 aromatic carbocycles. The Balaban J connectivity index is 3.19. The van der Waals surface area contributed by atoms with Crippen molar-refractivity contribution in [3.8, 4) is 0 Å². The minimum atomic E-state index is -1.16. The Morgan fingerprint density at radius 3 is 2.26 bits per heavy atom. The number of hydrogen-bond donors (Lipinski definition) is 2. The first-order valence-corrected chi connectivity index (χ1v) is 5.95. The zero-order chi connectivity index (χ0) is 14.8. The second-order valence-electron chi connectivity index (χ2n) is 5.36. The molecule has 0 fully saturated rings. The fourth-order valence-corrected chi connectivity index (χ4v) is 1.74. The highest BCUT2D eigenvalue weighted by atomic mass is 16.6. The molecule has 0 bridgehead atoms. The van der Waals surface area contributed by atoms with Crippen molar-refractivity contribution in [1.29, 1.82) is 0 Å². The van der Waals surface area contributed by atoms with Crippen LogP contribution >= 0.6 is 0 Å². The van der Waals surface area contributed by atoms with E-state index in [4.69, 9.17) is 9.84 Å². The molecule has 5 heteroatoms. The van der Waals surface area contributed by atoms with Crippen LogP contribution in [0.2, 0.25) is 0 Å². The summed E-state index contributed by atoms with van der Waals surface area (Å²) in [5, 5.41) is 11.0. The van der Waals surface area contributed by atoms with Crippen LogP contribution in [0.15, 0.2) is 12.1 Å². The summed E-state index contributed by atoms with van der Waals surface area (Å²) in [5.74, 6) is -0.448. The normalized spacial score (nSPS) is 11.0. The highest BCUT2D eigenvalue weighted by molar-refractivity contribution is 5.96. The average Bonchev–Trinajstić information content (AvgIpc) is 2.19. The van der Waals surface area contributed by atoms with E-state index >= 15 is 0 Å². The molecule has 0 aliphatic heterocycles. The molecule has 0 aromatic heterocycles. The van der Waals surface area contributed by atoms with Gasteiger partial charge in [0.05, 0.1) is 5.56 Å². The number of anilines is 1. The zero-order valence-corrected chi connectivity index (χ0v) is 11.8. The summed E-state index contributed by atoms with van der Waals surface area (Å²) in [7, 11) is 0. The van der Waals surface area contributed by atoms with Crippen molar-refractivity contribution >= 4 is 17.7 Å². The van der Waals surface area contributed by atoms with E-state index in [2.05, 4.69) is 5.32 Å².